The van der Waals surface area contributed by atoms with Crippen LogP contribution in [0.5, 0.6) is 23.0 Å². The third-order valence-electron chi connectivity index (χ3n) is 4.69. The van der Waals surface area contributed by atoms with Gasteiger partial charge < -0.3 is 19.3 Å². The second-order valence-corrected chi connectivity index (χ2v) is 6.77. The maximum absolute atomic E-state index is 14.2. The number of phenols is 1. The molecule has 0 unspecified atom stereocenters. The molecule has 0 amide bonds. The Hall–Kier alpha value is -2.76. The van der Waals surface area contributed by atoms with Gasteiger partial charge in [-0.25, -0.2) is 4.39 Å². The average Bonchev–Trinajstić information content (AvgIpc) is 2.72. The number of methoxy groups -OCH3 is 2. The van der Waals surface area contributed by atoms with Crippen LogP contribution in [0.1, 0.15) is 54.9 Å². The van der Waals surface area contributed by atoms with Gasteiger partial charge in [0.05, 0.1) is 26.4 Å². The third kappa shape index (κ3) is 6.11. The van der Waals surface area contributed by atoms with E-state index in [2.05, 4.69) is 6.92 Å². The molecule has 0 aromatic heterocycles. The van der Waals surface area contributed by atoms with Gasteiger partial charge in [0.2, 0.25) is 0 Å². The molecule has 2 rings (SSSR count). The van der Waals surface area contributed by atoms with Gasteiger partial charge >= 0.3 is 0 Å². The van der Waals surface area contributed by atoms with Crippen LogP contribution in [0.4, 0.5) is 4.39 Å². The van der Waals surface area contributed by atoms with E-state index < -0.39 is 5.82 Å². The fourth-order valence-electron chi connectivity index (χ4n) is 3.14. The van der Waals surface area contributed by atoms with E-state index in [4.69, 9.17) is 14.2 Å². The molecule has 0 aliphatic heterocycles. The molecule has 0 spiro atoms. The fraction of sp³-hybridized carbons (Fsp3) is 0.435. The van der Waals surface area contributed by atoms with Crippen LogP contribution >= 0.6 is 0 Å². The summed E-state index contributed by atoms with van der Waals surface area (Å²) < 4.78 is 30.1. The van der Waals surface area contributed by atoms with Crippen molar-refractivity contribution in [3.63, 3.8) is 0 Å². The van der Waals surface area contributed by atoms with Crippen LogP contribution in [0.25, 0.3) is 0 Å². The molecule has 2 aromatic carbocycles. The van der Waals surface area contributed by atoms with E-state index >= 15 is 0 Å². The van der Waals surface area contributed by atoms with Gasteiger partial charge in [0.15, 0.2) is 17.3 Å². The molecular formula is C23H29FO5. The lowest BCUT2D eigenvalue weighted by molar-refractivity contribution is 0.0974. The van der Waals surface area contributed by atoms with Gasteiger partial charge in [-0.2, -0.15) is 0 Å². The topological polar surface area (TPSA) is 65.0 Å². The largest absolute Gasteiger partial charge is 0.508 e. The number of carbonyl (C=O) groups excluding carboxylic acids is 1. The molecule has 0 fully saturated rings. The number of ether oxygens (including phenoxy) is 3. The predicted octanol–water partition coefficient (Wildman–Crippen LogP) is 5.32. The van der Waals surface area contributed by atoms with Gasteiger partial charge in [0.25, 0.3) is 0 Å². The lowest BCUT2D eigenvalue weighted by Crippen LogP contribution is -2.05. The molecular weight excluding hydrogens is 375 g/mol. The van der Waals surface area contributed by atoms with E-state index in [1.807, 2.05) is 6.07 Å². The zero-order chi connectivity index (χ0) is 21.2. The maximum atomic E-state index is 14.2. The molecule has 158 valence electrons. The second kappa shape index (κ2) is 11.3. The molecule has 0 radical (unpaired) electrons. The van der Waals surface area contributed by atoms with Crippen LogP contribution in [-0.2, 0) is 6.42 Å². The molecule has 0 saturated heterocycles. The summed E-state index contributed by atoms with van der Waals surface area (Å²) in [7, 11) is 2.87. The number of Topliss-reactive ketones (excluding diaryl/α,β-unsaturated/α-hetero) is 1. The Morgan fingerprint density at radius 1 is 1.03 bits per heavy atom. The van der Waals surface area contributed by atoms with E-state index in [9.17, 15) is 14.3 Å². The van der Waals surface area contributed by atoms with E-state index in [-0.39, 0.29) is 29.3 Å². The van der Waals surface area contributed by atoms with Crippen LogP contribution in [0.15, 0.2) is 30.3 Å². The Morgan fingerprint density at radius 2 is 1.76 bits per heavy atom. The van der Waals surface area contributed by atoms with E-state index in [0.717, 1.165) is 31.2 Å². The zero-order valence-corrected chi connectivity index (χ0v) is 17.3. The summed E-state index contributed by atoms with van der Waals surface area (Å²) in [6.45, 7) is 2.55. The summed E-state index contributed by atoms with van der Waals surface area (Å²) in [6, 6.07) is 7.84. The Morgan fingerprint density at radius 3 is 2.45 bits per heavy atom. The number of halogens is 1. The lowest BCUT2D eigenvalue weighted by Gasteiger charge is -2.12. The minimum Gasteiger partial charge on any atom is -0.508 e. The fourth-order valence-corrected chi connectivity index (χ4v) is 3.14. The summed E-state index contributed by atoms with van der Waals surface area (Å²) in [4.78, 5) is 12.3. The number of phenolic OH excluding ortho intramolecular Hbond substituents is 1. The highest BCUT2D eigenvalue weighted by Crippen LogP contribution is 2.31. The third-order valence-corrected chi connectivity index (χ3v) is 4.69. The number of benzene rings is 2. The molecule has 0 aliphatic rings. The molecule has 0 aliphatic carbocycles. The minimum absolute atomic E-state index is 0.0165. The van der Waals surface area contributed by atoms with Crippen molar-refractivity contribution >= 4 is 5.78 Å². The number of hydrogen-bond acceptors (Lipinski definition) is 5. The van der Waals surface area contributed by atoms with Crippen molar-refractivity contribution in [3.8, 4) is 23.0 Å². The number of carbonyl (C=O) groups is 1. The molecule has 6 heteroatoms. The first-order valence-corrected chi connectivity index (χ1v) is 9.90. The molecule has 0 saturated carbocycles. The summed E-state index contributed by atoms with van der Waals surface area (Å²) in [6.07, 6.45) is 4.11. The smallest absolute Gasteiger partial charge is 0.165 e. The van der Waals surface area contributed by atoms with Crippen molar-refractivity contribution in [1.29, 1.82) is 0 Å². The highest BCUT2D eigenvalue weighted by Gasteiger charge is 2.16. The first-order valence-electron chi connectivity index (χ1n) is 9.90. The van der Waals surface area contributed by atoms with Gasteiger partial charge in [-0.15, -0.1) is 0 Å². The summed E-state index contributed by atoms with van der Waals surface area (Å²) in [5.41, 5.74) is 0.844. The molecule has 0 heterocycles. The SMILES string of the molecule is CCCc1c(O)cccc1OCCCCCC(=O)c1cc(OC)c(OC)cc1F. The Balaban J connectivity index is 1.80. The van der Waals surface area contributed by atoms with Crippen molar-refractivity contribution in [2.45, 2.75) is 45.4 Å². The van der Waals surface area contributed by atoms with Crippen molar-refractivity contribution in [1.82, 2.24) is 0 Å². The monoisotopic (exact) mass is 404 g/mol. The van der Waals surface area contributed by atoms with Gasteiger partial charge in [-0.3, -0.25) is 4.79 Å². The molecule has 5 nitrogen and oxygen atoms in total. The lowest BCUT2D eigenvalue weighted by atomic mass is 10.0. The molecule has 1 N–H and O–H groups in total. The zero-order valence-electron chi connectivity index (χ0n) is 17.3. The van der Waals surface area contributed by atoms with Crippen LogP contribution in [0.3, 0.4) is 0 Å². The van der Waals surface area contributed by atoms with Gasteiger partial charge in [0.1, 0.15) is 17.3 Å². The molecule has 29 heavy (non-hydrogen) atoms. The van der Waals surface area contributed by atoms with E-state index in [1.165, 1.54) is 26.4 Å². The number of hydrogen-bond donors (Lipinski definition) is 1. The molecule has 0 atom stereocenters. The second-order valence-electron chi connectivity index (χ2n) is 6.77. The highest BCUT2D eigenvalue weighted by atomic mass is 19.1. The quantitative estimate of drug-likeness (QED) is 0.383. The van der Waals surface area contributed by atoms with E-state index in [0.29, 0.717) is 24.5 Å². The Labute approximate surface area is 171 Å². The first-order chi connectivity index (χ1) is 14.0. The molecule has 0 bridgehead atoms. The van der Waals surface area contributed by atoms with Crippen molar-refractivity contribution in [2.24, 2.45) is 0 Å². The summed E-state index contributed by atoms with van der Waals surface area (Å²) in [5, 5.41) is 9.96. The predicted molar refractivity (Wildman–Crippen MR) is 110 cm³/mol. The summed E-state index contributed by atoms with van der Waals surface area (Å²) in [5.74, 6) is 0.681. The van der Waals surface area contributed by atoms with Crippen LogP contribution in [0.2, 0.25) is 0 Å². The average molecular weight is 404 g/mol. The Kier molecular flexibility index (Phi) is 8.77. The highest BCUT2D eigenvalue weighted by molar-refractivity contribution is 5.97. The van der Waals surface area contributed by atoms with E-state index in [1.54, 1.807) is 12.1 Å². The van der Waals surface area contributed by atoms with Crippen molar-refractivity contribution in [3.05, 3.63) is 47.3 Å². The maximum Gasteiger partial charge on any atom is 0.165 e. The van der Waals surface area contributed by atoms with Crippen LogP contribution < -0.4 is 14.2 Å². The standard InChI is InChI=1S/C23H29FO5/c1-4-9-16-19(25)11-8-12-21(16)29-13-7-5-6-10-20(26)17-14-22(27-2)23(28-3)15-18(17)24/h8,11-12,14-15,25H,4-7,9-10,13H2,1-3H3. The number of unbranched alkanes of at least 4 members (excludes halogenated alkanes) is 2. The van der Waals surface area contributed by atoms with Gasteiger partial charge in [0, 0.05) is 18.1 Å². The summed E-state index contributed by atoms with van der Waals surface area (Å²) >= 11 is 0. The number of ketones is 1. The number of aromatic hydroxyl groups is 1. The van der Waals surface area contributed by atoms with Gasteiger partial charge in [-0.1, -0.05) is 19.4 Å². The van der Waals surface area contributed by atoms with Crippen molar-refractivity contribution in [2.75, 3.05) is 20.8 Å². The van der Waals surface area contributed by atoms with Crippen LogP contribution in [0, 0.1) is 5.82 Å². The van der Waals surface area contributed by atoms with Gasteiger partial charge in [-0.05, 0) is 43.9 Å². The Bertz CT molecular complexity index is 819. The number of rotatable bonds is 12. The minimum atomic E-state index is -0.608. The van der Waals surface area contributed by atoms with Crippen LogP contribution in [-0.4, -0.2) is 31.7 Å². The normalized spacial score (nSPS) is 10.6. The molecule has 2 aromatic rings. The van der Waals surface area contributed by atoms with Crippen molar-refractivity contribution < 1.29 is 28.5 Å². The first kappa shape index (κ1) is 22.5.